The van der Waals surface area contributed by atoms with Crippen molar-refractivity contribution in [3.05, 3.63) is 88.1 Å². The van der Waals surface area contributed by atoms with Gasteiger partial charge < -0.3 is 15.0 Å². The molecule has 2 heterocycles. The van der Waals surface area contributed by atoms with Crippen LogP contribution in [0.2, 0.25) is 0 Å². The standard InChI is InChI=1S/C24H26N2O2S/c27-24(25-21-6-2-1-3-7-21)20-12-10-19(11-13-20)16-26(17-22-8-4-14-28-22)18-23-9-5-15-29-23/h1-3,5-7,9-13,15,22H,4,8,14,16-18H2,(H,25,27)/p+1/t22-/m0/s1. The molecule has 0 saturated carbocycles. The summed E-state index contributed by atoms with van der Waals surface area (Å²) in [6, 6.07) is 21.9. The van der Waals surface area contributed by atoms with E-state index >= 15 is 0 Å². The van der Waals surface area contributed by atoms with E-state index in [2.05, 4.69) is 35.0 Å². The van der Waals surface area contributed by atoms with Crippen molar-refractivity contribution in [3.63, 3.8) is 0 Å². The predicted molar refractivity (Wildman–Crippen MR) is 117 cm³/mol. The highest BCUT2D eigenvalue weighted by molar-refractivity contribution is 7.09. The Morgan fingerprint density at radius 3 is 2.55 bits per heavy atom. The summed E-state index contributed by atoms with van der Waals surface area (Å²) in [6.45, 7) is 3.85. The van der Waals surface area contributed by atoms with Crippen molar-refractivity contribution in [2.24, 2.45) is 0 Å². The molecule has 150 valence electrons. The van der Waals surface area contributed by atoms with Gasteiger partial charge in [-0.2, -0.15) is 0 Å². The minimum absolute atomic E-state index is 0.0788. The average molecular weight is 408 g/mol. The Morgan fingerprint density at radius 2 is 1.86 bits per heavy atom. The minimum Gasteiger partial charge on any atom is -0.372 e. The van der Waals surface area contributed by atoms with Gasteiger partial charge in [-0.1, -0.05) is 36.4 Å². The molecule has 1 fully saturated rings. The molecule has 0 radical (unpaired) electrons. The van der Waals surface area contributed by atoms with Crippen molar-refractivity contribution < 1.29 is 14.4 Å². The zero-order chi connectivity index (χ0) is 19.9. The molecule has 1 aliphatic heterocycles. The van der Waals surface area contributed by atoms with Crippen LogP contribution < -0.4 is 10.2 Å². The first-order valence-electron chi connectivity index (χ1n) is 10.2. The number of nitrogens with one attached hydrogen (secondary N) is 2. The summed E-state index contributed by atoms with van der Waals surface area (Å²) in [5.41, 5.74) is 2.73. The molecule has 29 heavy (non-hydrogen) atoms. The van der Waals surface area contributed by atoms with Gasteiger partial charge in [0.05, 0.1) is 4.88 Å². The third kappa shape index (κ3) is 5.76. The molecule has 2 N–H and O–H groups in total. The number of rotatable bonds is 8. The molecule has 1 aromatic heterocycles. The zero-order valence-corrected chi connectivity index (χ0v) is 17.3. The van der Waals surface area contributed by atoms with Gasteiger partial charge in [-0.25, -0.2) is 0 Å². The summed E-state index contributed by atoms with van der Waals surface area (Å²) < 4.78 is 5.88. The first kappa shape index (κ1) is 19.8. The van der Waals surface area contributed by atoms with E-state index in [0.717, 1.165) is 38.3 Å². The number of thiophene rings is 1. The quantitative estimate of drug-likeness (QED) is 0.597. The van der Waals surface area contributed by atoms with E-state index in [4.69, 9.17) is 4.74 Å². The number of hydrogen-bond acceptors (Lipinski definition) is 3. The van der Waals surface area contributed by atoms with Crippen molar-refractivity contribution >= 4 is 22.9 Å². The third-order valence-corrected chi connectivity index (χ3v) is 6.12. The van der Waals surface area contributed by atoms with Crippen molar-refractivity contribution in [1.29, 1.82) is 0 Å². The Hall–Kier alpha value is -2.47. The van der Waals surface area contributed by atoms with Gasteiger partial charge in [0.1, 0.15) is 25.7 Å². The van der Waals surface area contributed by atoms with Crippen LogP contribution >= 0.6 is 11.3 Å². The van der Waals surface area contributed by atoms with Crippen LogP contribution in [-0.4, -0.2) is 25.2 Å². The van der Waals surface area contributed by atoms with Gasteiger partial charge in [0.2, 0.25) is 0 Å². The summed E-state index contributed by atoms with van der Waals surface area (Å²) in [5.74, 6) is -0.0788. The molecule has 1 unspecified atom stereocenters. The van der Waals surface area contributed by atoms with E-state index in [9.17, 15) is 4.79 Å². The average Bonchev–Trinajstić information content (AvgIpc) is 3.44. The van der Waals surface area contributed by atoms with E-state index in [1.807, 2.05) is 53.8 Å². The molecule has 1 saturated heterocycles. The van der Waals surface area contributed by atoms with Crippen LogP contribution in [0.1, 0.15) is 33.6 Å². The SMILES string of the molecule is O=C(Nc1ccccc1)c1ccc(C[NH+](Cc2cccs2)C[C@@H]2CCCO2)cc1. The number of anilines is 1. The van der Waals surface area contributed by atoms with E-state index in [1.165, 1.54) is 21.8 Å². The van der Waals surface area contributed by atoms with Gasteiger partial charge in [0, 0.05) is 23.4 Å². The lowest BCUT2D eigenvalue weighted by molar-refractivity contribution is -0.930. The molecular weight excluding hydrogens is 380 g/mol. The highest BCUT2D eigenvalue weighted by Gasteiger charge is 2.22. The fourth-order valence-corrected chi connectivity index (χ4v) is 4.56. The van der Waals surface area contributed by atoms with Crippen LogP contribution in [0.5, 0.6) is 0 Å². The molecule has 0 spiro atoms. The van der Waals surface area contributed by atoms with Crippen LogP contribution in [0.15, 0.2) is 72.1 Å². The van der Waals surface area contributed by atoms with Crippen LogP contribution in [0, 0.1) is 0 Å². The largest absolute Gasteiger partial charge is 0.372 e. The van der Waals surface area contributed by atoms with Crippen LogP contribution in [0.25, 0.3) is 0 Å². The molecule has 2 atom stereocenters. The van der Waals surface area contributed by atoms with Crippen LogP contribution in [-0.2, 0) is 17.8 Å². The van der Waals surface area contributed by atoms with Crippen molar-refractivity contribution in [1.82, 2.24) is 0 Å². The highest BCUT2D eigenvalue weighted by Crippen LogP contribution is 2.12. The molecule has 1 amide bonds. The van der Waals surface area contributed by atoms with Gasteiger partial charge >= 0.3 is 0 Å². The second kappa shape index (κ2) is 9.83. The maximum Gasteiger partial charge on any atom is 0.255 e. The molecule has 2 aromatic carbocycles. The lowest BCUT2D eigenvalue weighted by Gasteiger charge is -2.22. The normalized spacial score (nSPS) is 17.2. The Bertz CT molecular complexity index is 888. The van der Waals surface area contributed by atoms with Crippen molar-refractivity contribution in [2.45, 2.75) is 32.0 Å². The summed E-state index contributed by atoms with van der Waals surface area (Å²) in [4.78, 5) is 15.4. The fraction of sp³-hybridized carbons (Fsp3) is 0.292. The number of amides is 1. The molecule has 5 heteroatoms. The number of quaternary nitrogens is 1. The first-order chi connectivity index (χ1) is 14.3. The van der Waals surface area contributed by atoms with Gasteiger partial charge in [-0.05, 0) is 48.6 Å². The predicted octanol–water partition coefficient (Wildman–Crippen LogP) is 3.76. The van der Waals surface area contributed by atoms with Crippen molar-refractivity contribution in [3.8, 4) is 0 Å². The van der Waals surface area contributed by atoms with Gasteiger partial charge in [0.15, 0.2) is 0 Å². The number of hydrogen-bond donors (Lipinski definition) is 2. The Morgan fingerprint density at radius 1 is 1.03 bits per heavy atom. The Kier molecular flexibility index (Phi) is 6.72. The number of carbonyl (C=O) groups excluding carboxylic acids is 1. The Balaban J connectivity index is 1.39. The van der Waals surface area contributed by atoms with Gasteiger partial charge in [0.25, 0.3) is 5.91 Å². The minimum atomic E-state index is -0.0788. The third-order valence-electron chi connectivity index (χ3n) is 5.25. The molecule has 4 rings (SSSR count). The number of carbonyl (C=O) groups is 1. The maximum absolute atomic E-state index is 12.5. The zero-order valence-electron chi connectivity index (χ0n) is 16.5. The number of benzene rings is 2. The smallest absolute Gasteiger partial charge is 0.255 e. The molecule has 4 nitrogen and oxygen atoms in total. The maximum atomic E-state index is 12.5. The summed E-state index contributed by atoms with van der Waals surface area (Å²) in [5, 5.41) is 5.08. The Labute approximate surface area is 176 Å². The fourth-order valence-electron chi connectivity index (χ4n) is 3.78. The van der Waals surface area contributed by atoms with Gasteiger partial charge in [-0.15, -0.1) is 11.3 Å². The van der Waals surface area contributed by atoms with Crippen molar-refractivity contribution in [2.75, 3.05) is 18.5 Å². The summed E-state index contributed by atoms with van der Waals surface area (Å²) in [6.07, 6.45) is 2.69. The van der Waals surface area contributed by atoms with E-state index < -0.39 is 0 Å². The van der Waals surface area contributed by atoms with E-state index in [-0.39, 0.29) is 5.91 Å². The number of ether oxygens (including phenoxy) is 1. The van der Waals surface area contributed by atoms with Gasteiger partial charge in [-0.3, -0.25) is 4.79 Å². The second-order valence-corrected chi connectivity index (χ2v) is 8.57. The van der Waals surface area contributed by atoms with E-state index in [0.29, 0.717) is 11.7 Å². The molecule has 0 bridgehead atoms. The van der Waals surface area contributed by atoms with Crippen LogP contribution in [0.4, 0.5) is 5.69 Å². The topological polar surface area (TPSA) is 42.8 Å². The molecular formula is C24H27N2O2S+. The summed E-state index contributed by atoms with van der Waals surface area (Å²) in [7, 11) is 0. The summed E-state index contributed by atoms with van der Waals surface area (Å²) >= 11 is 1.81. The van der Waals surface area contributed by atoms with E-state index in [1.54, 1.807) is 0 Å². The van der Waals surface area contributed by atoms with Crippen LogP contribution in [0.3, 0.4) is 0 Å². The lowest BCUT2D eigenvalue weighted by atomic mass is 10.1. The highest BCUT2D eigenvalue weighted by atomic mass is 32.1. The monoisotopic (exact) mass is 407 g/mol. The molecule has 3 aromatic rings. The lowest BCUT2D eigenvalue weighted by Crippen LogP contribution is -3.10. The second-order valence-electron chi connectivity index (χ2n) is 7.54. The first-order valence-corrected chi connectivity index (χ1v) is 11.1. The number of para-hydroxylation sites is 1. The molecule has 1 aliphatic rings. The molecule has 0 aliphatic carbocycles.